The molecule has 0 aromatic rings. The zero-order chi connectivity index (χ0) is 11.7. The highest BCUT2D eigenvalue weighted by molar-refractivity contribution is 4.96. The van der Waals surface area contributed by atoms with E-state index in [-0.39, 0.29) is 0 Å². The van der Waals surface area contributed by atoms with E-state index in [1.807, 2.05) is 0 Å². The molecule has 17 heavy (non-hydrogen) atoms. The van der Waals surface area contributed by atoms with Gasteiger partial charge in [0, 0.05) is 24.2 Å². The molecule has 0 spiro atoms. The van der Waals surface area contributed by atoms with E-state index in [2.05, 4.69) is 17.3 Å². The quantitative estimate of drug-likeness (QED) is 0.742. The third kappa shape index (κ3) is 2.68. The Kier molecular flexibility index (Phi) is 3.72. The van der Waals surface area contributed by atoms with Gasteiger partial charge < -0.3 is 10.2 Å². The first-order valence-corrected chi connectivity index (χ1v) is 7.81. The highest BCUT2D eigenvalue weighted by Gasteiger charge is 2.38. The topological polar surface area (TPSA) is 15.3 Å². The Bertz CT molecular complexity index is 231. The highest BCUT2D eigenvalue weighted by Crippen LogP contribution is 2.34. The molecule has 2 atom stereocenters. The number of nitrogens with one attached hydrogen (secondary N) is 1. The zero-order valence-electron chi connectivity index (χ0n) is 11.3. The minimum absolute atomic E-state index is 0.826. The molecule has 0 aromatic heterocycles. The molecule has 2 saturated heterocycles. The molecule has 0 radical (unpaired) electrons. The van der Waals surface area contributed by atoms with Gasteiger partial charge in [0.05, 0.1) is 0 Å². The predicted octanol–water partition coefficient (Wildman–Crippen LogP) is 2.92. The fraction of sp³-hybridized carbons (Fsp3) is 1.00. The maximum Gasteiger partial charge on any atom is 0.0111 e. The summed E-state index contributed by atoms with van der Waals surface area (Å²) in [5, 5.41) is 3.99. The van der Waals surface area contributed by atoms with E-state index < -0.39 is 0 Å². The number of fused-ring (bicyclic) bond motifs is 2. The van der Waals surface area contributed by atoms with Crippen molar-refractivity contribution in [1.82, 2.24) is 10.2 Å². The summed E-state index contributed by atoms with van der Waals surface area (Å²) in [6, 6.07) is 3.44. The first-order valence-electron chi connectivity index (χ1n) is 7.81. The second-order valence-electron chi connectivity index (χ2n) is 6.57. The third-order valence-electron chi connectivity index (χ3n) is 5.42. The Labute approximate surface area is 106 Å². The maximum atomic E-state index is 3.99. The molecule has 1 N–H and O–H groups in total. The smallest absolute Gasteiger partial charge is 0.0111 e. The summed E-state index contributed by atoms with van der Waals surface area (Å²) in [7, 11) is 2.34. The summed E-state index contributed by atoms with van der Waals surface area (Å²) in [6.07, 6.45) is 14.4. The number of hydrogen-bond acceptors (Lipinski definition) is 2. The van der Waals surface area contributed by atoms with Gasteiger partial charge in [0.25, 0.3) is 0 Å². The second kappa shape index (κ2) is 5.27. The van der Waals surface area contributed by atoms with Gasteiger partial charge in [-0.3, -0.25) is 0 Å². The molecule has 2 nitrogen and oxygen atoms in total. The van der Waals surface area contributed by atoms with Crippen molar-refractivity contribution < 1.29 is 0 Å². The van der Waals surface area contributed by atoms with E-state index in [4.69, 9.17) is 0 Å². The molecule has 0 aromatic carbocycles. The standard InChI is InChI=1S/C15H28N2/c1-17-14-8-9-15(17)11-13(10-14)16-12-6-4-2-3-5-7-12/h12-16H,2-11H2,1H3. The average molecular weight is 236 g/mol. The average Bonchev–Trinajstić information content (AvgIpc) is 2.57. The van der Waals surface area contributed by atoms with Gasteiger partial charge in [0.1, 0.15) is 0 Å². The van der Waals surface area contributed by atoms with Crippen molar-refractivity contribution in [3.63, 3.8) is 0 Å². The molecular formula is C15H28N2. The molecule has 2 aliphatic heterocycles. The van der Waals surface area contributed by atoms with Crippen molar-refractivity contribution in [3.05, 3.63) is 0 Å². The molecule has 3 aliphatic rings. The van der Waals surface area contributed by atoms with Crippen molar-refractivity contribution in [3.8, 4) is 0 Å². The van der Waals surface area contributed by atoms with E-state index >= 15 is 0 Å². The van der Waals surface area contributed by atoms with Crippen LogP contribution in [0.4, 0.5) is 0 Å². The first kappa shape index (κ1) is 12.0. The van der Waals surface area contributed by atoms with E-state index in [1.165, 1.54) is 64.2 Å². The van der Waals surface area contributed by atoms with E-state index in [0.717, 1.165) is 24.2 Å². The fourth-order valence-electron chi connectivity index (χ4n) is 4.33. The number of rotatable bonds is 2. The van der Waals surface area contributed by atoms with Gasteiger partial charge in [0.2, 0.25) is 0 Å². The van der Waals surface area contributed by atoms with Gasteiger partial charge in [-0.15, -0.1) is 0 Å². The van der Waals surface area contributed by atoms with Crippen molar-refractivity contribution in [1.29, 1.82) is 0 Å². The van der Waals surface area contributed by atoms with Crippen LogP contribution in [0.5, 0.6) is 0 Å². The Balaban J connectivity index is 1.52. The van der Waals surface area contributed by atoms with Gasteiger partial charge in [-0.1, -0.05) is 25.7 Å². The molecule has 2 heteroatoms. The Morgan fingerprint density at radius 3 is 1.94 bits per heavy atom. The molecule has 1 aliphatic carbocycles. The summed E-state index contributed by atoms with van der Waals surface area (Å²) in [6.45, 7) is 0. The van der Waals surface area contributed by atoms with Gasteiger partial charge in [-0.25, -0.2) is 0 Å². The Morgan fingerprint density at radius 1 is 0.765 bits per heavy atom. The van der Waals surface area contributed by atoms with Gasteiger partial charge >= 0.3 is 0 Å². The highest BCUT2D eigenvalue weighted by atomic mass is 15.2. The first-order chi connectivity index (χ1) is 8.33. The lowest BCUT2D eigenvalue weighted by molar-refractivity contribution is 0.141. The van der Waals surface area contributed by atoms with Gasteiger partial charge in [0.15, 0.2) is 0 Å². The molecule has 2 unspecified atom stereocenters. The van der Waals surface area contributed by atoms with Crippen LogP contribution >= 0.6 is 0 Å². The lowest BCUT2D eigenvalue weighted by Crippen LogP contribution is -2.49. The van der Waals surface area contributed by atoms with Crippen LogP contribution in [0.1, 0.15) is 64.2 Å². The number of nitrogens with zero attached hydrogens (tertiary/aromatic N) is 1. The van der Waals surface area contributed by atoms with Gasteiger partial charge in [-0.05, 0) is 45.6 Å². The van der Waals surface area contributed by atoms with Crippen molar-refractivity contribution in [2.24, 2.45) is 0 Å². The molecule has 0 amide bonds. The summed E-state index contributed by atoms with van der Waals surface area (Å²) in [4.78, 5) is 2.64. The van der Waals surface area contributed by atoms with E-state index in [1.54, 1.807) is 0 Å². The van der Waals surface area contributed by atoms with Crippen molar-refractivity contribution in [2.75, 3.05) is 7.05 Å². The third-order valence-corrected chi connectivity index (χ3v) is 5.42. The molecule has 3 rings (SSSR count). The normalized spacial score (nSPS) is 40.4. The lowest BCUT2D eigenvalue weighted by atomic mass is 9.96. The SMILES string of the molecule is CN1C2CCC1CC(NC1CCCCCC1)C2. The molecular weight excluding hydrogens is 208 g/mol. The largest absolute Gasteiger partial charge is 0.311 e. The molecule has 98 valence electrons. The summed E-state index contributed by atoms with van der Waals surface area (Å²) < 4.78 is 0. The van der Waals surface area contributed by atoms with Crippen molar-refractivity contribution >= 4 is 0 Å². The molecule has 2 heterocycles. The predicted molar refractivity (Wildman–Crippen MR) is 72.2 cm³/mol. The van der Waals surface area contributed by atoms with Crippen LogP contribution < -0.4 is 5.32 Å². The van der Waals surface area contributed by atoms with Crippen LogP contribution in [-0.2, 0) is 0 Å². The molecule has 2 bridgehead atoms. The summed E-state index contributed by atoms with van der Waals surface area (Å²) in [5.74, 6) is 0. The Morgan fingerprint density at radius 2 is 1.35 bits per heavy atom. The van der Waals surface area contributed by atoms with Crippen LogP contribution in [0.25, 0.3) is 0 Å². The van der Waals surface area contributed by atoms with Crippen LogP contribution in [0.15, 0.2) is 0 Å². The summed E-state index contributed by atoms with van der Waals surface area (Å²) in [5.41, 5.74) is 0. The number of piperidine rings is 1. The Hall–Kier alpha value is -0.0800. The van der Waals surface area contributed by atoms with E-state index in [9.17, 15) is 0 Å². The monoisotopic (exact) mass is 236 g/mol. The maximum absolute atomic E-state index is 3.99. The molecule has 3 fully saturated rings. The van der Waals surface area contributed by atoms with E-state index in [0.29, 0.717) is 0 Å². The van der Waals surface area contributed by atoms with Crippen LogP contribution in [0, 0.1) is 0 Å². The van der Waals surface area contributed by atoms with Crippen LogP contribution in [0.2, 0.25) is 0 Å². The number of hydrogen-bond donors (Lipinski definition) is 1. The second-order valence-corrected chi connectivity index (χ2v) is 6.57. The van der Waals surface area contributed by atoms with Crippen molar-refractivity contribution in [2.45, 2.75) is 88.4 Å². The lowest BCUT2D eigenvalue weighted by Gasteiger charge is -2.38. The fourth-order valence-corrected chi connectivity index (χ4v) is 4.33. The summed E-state index contributed by atoms with van der Waals surface area (Å²) >= 11 is 0. The van der Waals surface area contributed by atoms with Crippen LogP contribution in [0.3, 0.4) is 0 Å². The minimum Gasteiger partial charge on any atom is -0.311 e. The van der Waals surface area contributed by atoms with Crippen LogP contribution in [-0.4, -0.2) is 36.1 Å². The van der Waals surface area contributed by atoms with Gasteiger partial charge in [-0.2, -0.15) is 0 Å². The minimum atomic E-state index is 0.826. The zero-order valence-corrected chi connectivity index (χ0v) is 11.3. The molecule has 1 saturated carbocycles.